The molecule has 0 aliphatic rings. The van der Waals surface area contributed by atoms with Crippen LogP contribution >= 0.6 is 0 Å². The number of aromatic nitrogens is 5. The summed E-state index contributed by atoms with van der Waals surface area (Å²) in [6.07, 6.45) is 5.45. The highest BCUT2D eigenvalue weighted by molar-refractivity contribution is 6.09. The van der Waals surface area contributed by atoms with Crippen molar-refractivity contribution in [2.24, 2.45) is 0 Å². The molecule has 0 unspecified atom stereocenters. The summed E-state index contributed by atoms with van der Waals surface area (Å²) in [5, 5.41) is 3.07. The number of nitrogens with zero attached hydrogens (tertiary/aromatic N) is 5. The Morgan fingerprint density at radius 2 is 1.00 bits per heavy atom. The van der Waals surface area contributed by atoms with E-state index in [1.807, 2.05) is 140 Å². The van der Waals surface area contributed by atoms with Crippen LogP contribution in [0, 0.1) is 0 Å². The van der Waals surface area contributed by atoms with Gasteiger partial charge in [-0.1, -0.05) is 54.6 Å². The van der Waals surface area contributed by atoms with Crippen LogP contribution in [0.3, 0.4) is 0 Å². The summed E-state index contributed by atoms with van der Waals surface area (Å²) >= 11 is 0. The van der Waals surface area contributed by atoms with Gasteiger partial charge in [0.1, 0.15) is 23.0 Å². The van der Waals surface area contributed by atoms with Gasteiger partial charge in [0.05, 0.1) is 27.9 Å². The van der Waals surface area contributed by atoms with Crippen LogP contribution in [-0.2, 0) is 0 Å². The van der Waals surface area contributed by atoms with Crippen molar-refractivity contribution in [1.82, 2.24) is 24.5 Å². The first-order valence-corrected chi connectivity index (χ1v) is 15.9. The van der Waals surface area contributed by atoms with Gasteiger partial charge < -0.3 is 9.47 Å². The third kappa shape index (κ3) is 5.49. The van der Waals surface area contributed by atoms with Crippen LogP contribution in [0.5, 0.6) is 23.0 Å². The Morgan fingerprint density at radius 3 is 1.57 bits per heavy atom. The van der Waals surface area contributed by atoms with E-state index in [0.29, 0.717) is 17.4 Å². The van der Waals surface area contributed by atoms with Crippen LogP contribution in [0.15, 0.2) is 164 Å². The van der Waals surface area contributed by atoms with E-state index in [9.17, 15) is 0 Å². The zero-order valence-corrected chi connectivity index (χ0v) is 26.1. The van der Waals surface area contributed by atoms with E-state index in [0.717, 1.165) is 66.7 Å². The number of hydrogen-bond acceptors (Lipinski definition) is 6. The first kappa shape index (κ1) is 28.4. The normalized spacial score (nSPS) is 11.3. The van der Waals surface area contributed by atoms with Gasteiger partial charge in [-0.2, -0.15) is 0 Å². The fraction of sp³-hybridized carbons (Fsp3) is 0. The van der Waals surface area contributed by atoms with Crippen LogP contribution in [0.1, 0.15) is 0 Å². The summed E-state index contributed by atoms with van der Waals surface area (Å²) in [6.45, 7) is 0. The van der Waals surface area contributed by atoms with Gasteiger partial charge in [-0.15, -0.1) is 0 Å². The number of hydrogen-bond donors (Lipinski definition) is 0. The molecule has 5 aromatic carbocycles. The van der Waals surface area contributed by atoms with Gasteiger partial charge in [0.25, 0.3) is 0 Å². The van der Waals surface area contributed by atoms with Crippen LogP contribution in [0.2, 0.25) is 0 Å². The van der Waals surface area contributed by atoms with Gasteiger partial charge in [-0.05, 0) is 78.9 Å². The number of pyridine rings is 2. The molecule has 0 saturated carbocycles. The van der Waals surface area contributed by atoms with Gasteiger partial charge in [-0.3, -0.25) is 14.5 Å². The van der Waals surface area contributed by atoms with Crippen LogP contribution in [0.4, 0.5) is 0 Å². The minimum absolute atomic E-state index is 0.558. The van der Waals surface area contributed by atoms with Gasteiger partial charge in [0.2, 0.25) is 5.95 Å². The molecule has 7 nitrogen and oxygen atoms in total. The van der Waals surface area contributed by atoms with Gasteiger partial charge in [0.15, 0.2) is 0 Å². The number of rotatable bonds is 7. The van der Waals surface area contributed by atoms with Gasteiger partial charge in [0, 0.05) is 58.0 Å². The SMILES string of the molecule is c1ccc(-c2cccc(Oc3ccc4c5ccc(Oc6cccc(-c7ccccn7)c6)cc5n(-c5ncc6ccccc6n5)c4c3)c2)nc1. The van der Waals surface area contributed by atoms with Gasteiger partial charge >= 0.3 is 0 Å². The van der Waals surface area contributed by atoms with Crippen molar-refractivity contribution in [3.63, 3.8) is 0 Å². The molecule has 0 fully saturated rings. The predicted octanol–water partition coefficient (Wildman–Crippen LogP) is 10.4. The standard InChI is InChI=1S/C42H27N5O2/c1-2-16-39-30(9-1)27-45-42(46-39)47-40-25-33(48-31-12-7-10-28(23-31)37-14-3-5-21-43-37)17-19-35(40)36-20-18-34(26-41(36)47)49-32-13-8-11-29(24-32)38-15-4-6-22-44-38/h1-27H. The molecule has 0 spiro atoms. The van der Waals surface area contributed by atoms with Crippen molar-refractivity contribution >= 4 is 32.7 Å². The number of benzene rings is 5. The largest absolute Gasteiger partial charge is 0.457 e. The lowest BCUT2D eigenvalue weighted by molar-refractivity contribution is 0.483. The van der Waals surface area contributed by atoms with Crippen LogP contribution in [-0.4, -0.2) is 24.5 Å². The fourth-order valence-corrected chi connectivity index (χ4v) is 6.17. The van der Waals surface area contributed by atoms with Crippen molar-refractivity contribution in [2.75, 3.05) is 0 Å². The Hall–Kier alpha value is -6.86. The maximum absolute atomic E-state index is 6.44. The Kier molecular flexibility index (Phi) is 6.98. The fourth-order valence-electron chi connectivity index (χ4n) is 6.17. The molecule has 0 radical (unpaired) electrons. The Balaban J connectivity index is 1.15. The highest BCUT2D eigenvalue weighted by Crippen LogP contribution is 2.38. The Morgan fingerprint density at radius 1 is 0.449 bits per heavy atom. The Labute approximate surface area is 281 Å². The van der Waals surface area contributed by atoms with E-state index in [1.54, 1.807) is 12.4 Å². The van der Waals surface area contributed by atoms with Crippen molar-refractivity contribution < 1.29 is 9.47 Å². The van der Waals surface area contributed by atoms with Crippen molar-refractivity contribution in [3.05, 3.63) is 164 Å². The third-order valence-corrected chi connectivity index (χ3v) is 8.45. The van der Waals surface area contributed by atoms with Crippen LogP contribution in [0.25, 0.3) is 61.2 Å². The molecular weight excluding hydrogens is 606 g/mol. The van der Waals surface area contributed by atoms with Crippen molar-refractivity contribution in [3.8, 4) is 51.5 Å². The summed E-state index contributed by atoms with van der Waals surface area (Å²) in [4.78, 5) is 18.8. The molecule has 4 heterocycles. The quantitative estimate of drug-likeness (QED) is 0.174. The minimum Gasteiger partial charge on any atom is -0.457 e. The van der Waals surface area contributed by atoms with Gasteiger partial charge in [-0.25, -0.2) is 9.97 Å². The molecule has 0 aliphatic carbocycles. The molecule has 0 saturated heterocycles. The molecule has 0 bridgehead atoms. The smallest absolute Gasteiger partial charge is 0.235 e. The topological polar surface area (TPSA) is 75.0 Å². The molecule has 49 heavy (non-hydrogen) atoms. The lowest BCUT2D eigenvalue weighted by Crippen LogP contribution is -2.01. The van der Waals surface area contributed by atoms with Crippen LogP contribution < -0.4 is 9.47 Å². The summed E-state index contributed by atoms with van der Waals surface area (Å²) < 4.78 is 15.0. The van der Waals surface area contributed by atoms with E-state index in [1.165, 1.54) is 0 Å². The summed E-state index contributed by atoms with van der Waals surface area (Å²) in [6, 6.07) is 47.9. The highest BCUT2D eigenvalue weighted by atomic mass is 16.5. The molecule has 0 atom stereocenters. The lowest BCUT2D eigenvalue weighted by atomic mass is 10.1. The number of ether oxygens (including phenoxy) is 2. The van der Waals surface area contributed by atoms with E-state index in [2.05, 4.69) is 26.7 Å². The first-order valence-electron chi connectivity index (χ1n) is 15.9. The molecule has 9 aromatic rings. The monoisotopic (exact) mass is 633 g/mol. The average molecular weight is 634 g/mol. The zero-order valence-electron chi connectivity index (χ0n) is 26.1. The summed E-state index contributed by atoms with van der Waals surface area (Å²) in [5.41, 5.74) is 6.43. The second-order valence-electron chi connectivity index (χ2n) is 11.6. The number of fused-ring (bicyclic) bond motifs is 4. The molecule has 0 aliphatic heterocycles. The second kappa shape index (κ2) is 12.1. The number of para-hydroxylation sites is 1. The van der Waals surface area contributed by atoms with E-state index < -0.39 is 0 Å². The lowest BCUT2D eigenvalue weighted by Gasteiger charge is -2.11. The Bertz CT molecular complexity index is 2480. The minimum atomic E-state index is 0.558. The predicted molar refractivity (Wildman–Crippen MR) is 193 cm³/mol. The highest BCUT2D eigenvalue weighted by Gasteiger charge is 2.17. The molecule has 9 rings (SSSR count). The van der Waals surface area contributed by atoms with E-state index in [-0.39, 0.29) is 0 Å². The molecular formula is C42H27N5O2. The third-order valence-electron chi connectivity index (χ3n) is 8.45. The molecule has 232 valence electrons. The maximum Gasteiger partial charge on any atom is 0.235 e. The molecule has 7 heteroatoms. The molecule has 0 amide bonds. The van der Waals surface area contributed by atoms with Crippen molar-refractivity contribution in [2.45, 2.75) is 0 Å². The molecule has 4 aromatic heterocycles. The van der Waals surface area contributed by atoms with E-state index in [4.69, 9.17) is 19.4 Å². The maximum atomic E-state index is 6.44. The zero-order chi connectivity index (χ0) is 32.6. The summed E-state index contributed by atoms with van der Waals surface area (Å²) in [7, 11) is 0. The average Bonchev–Trinajstić information content (AvgIpc) is 3.48. The second-order valence-corrected chi connectivity index (χ2v) is 11.6. The summed E-state index contributed by atoms with van der Waals surface area (Å²) in [5.74, 6) is 3.38. The van der Waals surface area contributed by atoms with Crippen molar-refractivity contribution in [1.29, 1.82) is 0 Å². The van der Waals surface area contributed by atoms with E-state index >= 15 is 0 Å². The first-order chi connectivity index (χ1) is 24.2. The molecule has 0 N–H and O–H groups in total.